The average molecular weight is 374 g/mol. The number of hydrogen-bond donors (Lipinski definition) is 0. The van der Waals surface area contributed by atoms with Crippen molar-refractivity contribution in [3.05, 3.63) is 74.9 Å². The van der Waals surface area contributed by atoms with Gasteiger partial charge in [-0.3, -0.25) is 0 Å². The third-order valence-corrected chi connectivity index (χ3v) is 4.72. The zero-order valence-electron chi connectivity index (χ0n) is 11.8. The molecule has 3 rings (SSSR count). The van der Waals surface area contributed by atoms with Crippen LogP contribution in [0.5, 0.6) is 0 Å². The molecule has 1 saturated carbocycles. The quantitative estimate of drug-likeness (QED) is 0.573. The zero-order valence-corrected chi connectivity index (χ0v) is 13.9. The van der Waals surface area contributed by atoms with Gasteiger partial charge < -0.3 is 0 Å². The lowest BCUT2D eigenvalue weighted by Gasteiger charge is -2.15. The van der Waals surface area contributed by atoms with Gasteiger partial charge in [-0.25, -0.2) is 0 Å². The molecule has 20 heavy (non-hydrogen) atoms. The molecule has 0 amide bonds. The van der Waals surface area contributed by atoms with Gasteiger partial charge in [0.05, 0.1) is 0 Å². The van der Waals surface area contributed by atoms with Crippen molar-refractivity contribution in [3.8, 4) is 0 Å². The molecule has 0 nitrogen and oxygen atoms in total. The van der Waals surface area contributed by atoms with Crippen molar-refractivity contribution in [1.29, 1.82) is 0 Å². The first-order chi connectivity index (χ1) is 9.74. The van der Waals surface area contributed by atoms with E-state index in [1.165, 1.54) is 27.5 Å². The van der Waals surface area contributed by atoms with E-state index in [4.69, 9.17) is 0 Å². The smallest absolute Gasteiger partial charge is 0.0130 e. The normalized spacial score (nSPS) is 15.0. The summed E-state index contributed by atoms with van der Waals surface area (Å²) in [5, 5.41) is 0. The van der Waals surface area contributed by atoms with Gasteiger partial charge in [-0.05, 0) is 76.6 Å². The molecule has 1 unspecified atom stereocenters. The van der Waals surface area contributed by atoms with E-state index in [-0.39, 0.29) is 0 Å². The van der Waals surface area contributed by atoms with Crippen molar-refractivity contribution < 1.29 is 0 Å². The molecule has 2 aromatic carbocycles. The molecule has 0 saturated heterocycles. The summed E-state index contributed by atoms with van der Waals surface area (Å²) in [7, 11) is 0. The van der Waals surface area contributed by atoms with Gasteiger partial charge in [0.1, 0.15) is 0 Å². The lowest BCUT2D eigenvalue weighted by molar-refractivity contribution is 0.791. The van der Waals surface area contributed by atoms with Crippen molar-refractivity contribution in [1.82, 2.24) is 0 Å². The van der Waals surface area contributed by atoms with Gasteiger partial charge in [0.15, 0.2) is 0 Å². The van der Waals surface area contributed by atoms with Crippen molar-refractivity contribution in [2.75, 3.05) is 0 Å². The molecule has 1 heteroatoms. The molecule has 2 aromatic rings. The van der Waals surface area contributed by atoms with Crippen LogP contribution < -0.4 is 0 Å². The van der Waals surface area contributed by atoms with Crippen LogP contribution in [0.4, 0.5) is 0 Å². The minimum Gasteiger partial charge on any atom is -0.0658 e. The van der Waals surface area contributed by atoms with E-state index in [1.54, 1.807) is 11.1 Å². The Balaban J connectivity index is 1.83. The highest BCUT2D eigenvalue weighted by Gasteiger charge is 2.20. The van der Waals surface area contributed by atoms with Crippen molar-refractivity contribution in [2.24, 2.45) is 0 Å². The van der Waals surface area contributed by atoms with Crippen LogP contribution in [-0.4, -0.2) is 0 Å². The second-order valence-electron chi connectivity index (χ2n) is 5.60. The van der Waals surface area contributed by atoms with Gasteiger partial charge in [-0.2, -0.15) is 0 Å². The van der Waals surface area contributed by atoms with E-state index in [0.29, 0.717) is 5.92 Å². The third-order valence-electron chi connectivity index (χ3n) is 4.00. The molecule has 0 aliphatic heterocycles. The van der Waals surface area contributed by atoms with Crippen LogP contribution in [0.25, 0.3) is 5.57 Å². The molecule has 1 fully saturated rings. The van der Waals surface area contributed by atoms with Gasteiger partial charge in [-0.15, -0.1) is 0 Å². The highest BCUT2D eigenvalue weighted by atomic mass is 127. The second kappa shape index (κ2) is 6.13. The molecule has 0 heterocycles. The van der Waals surface area contributed by atoms with Gasteiger partial charge in [-0.1, -0.05) is 55.0 Å². The van der Waals surface area contributed by atoms with Gasteiger partial charge in [0.25, 0.3) is 0 Å². The predicted octanol–water partition coefficient (Wildman–Crippen LogP) is 6.03. The number of benzene rings is 2. The Bertz CT molecular complexity index is 602. The summed E-state index contributed by atoms with van der Waals surface area (Å²) >= 11 is 2.37. The van der Waals surface area contributed by atoms with Crippen LogP contribution in [-0.2, 0) is 0 Å². The Labute approximate surface area is 135 Å². The van der Waals surface area contributed by atoms with E-state index in [9.17, 15) is 0 Å². The van der Waals surface area contributed by atoms with Gasteiger partial charge in [0, 0.05) is 3.57 Å². The summed E-state index contributed by atoms with van der Waals surface area (Å²) < 4.78 is 1.31. The molecule has 1 aliphatic carbocycles. The minimum atomic E-state index is 0.582. The van der Waals surface area contributed by atoms with E-state index < -0.39 is 0 Å². The Hall–Kier alpha value is -1.09. The first-order valence-electron chi connectivity index (χ1n) is 7.26. The SMILES string of the molecule is CC(CC(=C1CC1)c1ccc(I)cc1)c1ccccc1. The van der Waals surface area contributed by atoms with Crippen LogP contribution in [0, 0.1) is 3.57 Å². The summed E-state index contributed by atoms with van der Waals surface area (Å²) in [6, 6.07) is 19.8. The molecule has 1 atom stereocenters. The lowest BCUT2D eigenvalue weighted by Crippen LogP contribution is -1.96. The molecule has 0 N–H and O–H groups in total. The van der Waals surface area contributed by atoms with Crippen molar-refractivity contribution in [2.45, 2.75) is 32.1 Å². The maximum Gasteiger partial charge on any atom is 0.0130 e. The highest BCUT2D eigenvalue weighted by molar-refractivity contribution is 14.1. The summed E-state index contributed by atoms with van der Waals surface area (Å²) in [6.45, 7) is 2.34. The van der Waals surface area contributed by atoms with Gasteiger partial charge >= 0.3 is 0 Å². The number of hydrogen-bond acceptors (Lipinski definition) is 0. The van der Waals surface area contributed by atoms with Crippen LogP contribution in [0.2, 0.25) is 0 Å². The Morgan fingerprint density at radius 1 is 1.00 bits per heavy atom. The Kier molecular flexibility index (Phi) is 4.25. The largest absolute Gasteiger partial charge is 0.0658 e. The standard InChI is InChI=1S/C19H19I/c1-14(15-5-3-2-4-6-15)13-19(16-7-8-16)17-9-11-18(20)12-10-17/h2-6,9-12,14H,7-8,13H2,1H3. The molecular formula is C19H19I. The fraction of sp³-hybridized carbons (Fsp3) is 0.263. The highest BCUT2D eigenvalue weighted by Crippen LogP contribution is 2.41. The minimum absolute atomic E-state index is 0.582. The summed E-state index contributed by atoms with van der Waals surface area (Å²) in [6.07, 6.45) is 3.74. The topological polar surface area (TPSA) is 0 Å². The van der Waals surface area contributed by atoms with E-state index in [2.05, 4.69) is 84.1 Å². The molecule has 0 bridgehead atoms. The van der Waals surface area contributed by atoms with Crippen molar-refractivity contribution >= 4 is 28.2 Å². The Morgan fingerprint density at radius 3 is 2.25 bits per heavy atom. The first-order valence-corrected chi connectivity index (χ1v) is 8.33. The van der Waals surface area contributed by atoms with Crippen LogP contribution >= 0.6 is 22.6 Å². The molecule has 0 aromatic heterocycles. The summed E-state index contributed by atoms with van der Waals surface area (Å²) in [5.74, 6) is 0.582. The first kappa shape index (κ1) is 13.9. The van der Waals surface area contributed by atoms with Crippen molar-refractivity contribution in [3.63, 3.8) is 0 Å². The van der Waals surface area contributed by atoms with Gasteiger partial charge in [0.2, 0.25) is 0 Å². The molecule has 1 aliphatic rings. The number of allylic oxidation sites excluding steroid dienone is 2. The zero-order chi connectivity index (χ0) is 13.9. The maximum atomic E-state index is 2.37. The van der Waals surface area contributed by atoms with E-state index in [1.807, 2.05) is 0 Å². The second-order valence-corrected chi connectivity index (χ2v) is 6.85. The molecule has 0 radical (unpaired) electrons. The number of halogens is 1. The summed E-state index contributed by atoms with van der Waals surface area (Å²) in [4.78, 5) is 0. The van der Waals surface area contributed by atoms with Crippen LogP contribution in [0.3, 0.4) is 0 Å². The van der Waals surface area contributed by atoms with Crippen LogP contribution in [0.15, 0.2) is 60.2 Å². The molecule has 0 spiro atoms. The average Bonchev–Trinajstić information content (AvgIpc) is 3.31. The lowest BCUT2D eigenvalue weighted by atomic mass is 9.90. The van der Waals surface area contributed by atoms with Crippen LogP contribution in [0.1, 0.15) is 43.2 Å². The third kappa shape index (κ3) is 3.32. The predicted molar refractivity (Wildman–Crippen MR) is 94.8 cm³/mol. The monoisotopic (exact) mass is 374 g/mol. The maximum absolute atomic E-state index is 2.37. The van der Waals surface area contributed by atoms with E-state index in [0.717, 1.165) is 6.42 Å². The number of rotatable bonds is 4. The van der Waals surface area contributed by atoms with E-state index >= 15 is 0 Å². The Morgan fingerprint density at radius 2 is 1.65 bits per heavy atom. The molecule has 102 valence electrons. The molecular weight excluding hydrogens is 355 g/mol. The fourth-order valence-corrected chi connectivity index (χ4v) is 3.05. The summed E-state index contributed by atoms with van der Waals surface area (Å²) in [5.41, 5.74) is 6.10. The fourth-order valence-electron chi connectivity index (χ4n) is 2.69.